The number of rotatable bonds is 10. The van der Waals surface area contributed by atoms with Gasteiger partial charge in [-0.2, -0.15) is 8.78 Å². The van der Waals surface area contributed by atoms with E-state index in [4.69, 9.17) is 0 Å². The van der Waals surface area contributed by atoms with Crippen LogP contribution in [0.5, 0.6) is 0 Å². The zero-order chi connectivity index (χ0) is 22.0. The summed E-state index contributed by atoms with van der Waals surface area (Å²) in [5.74, 6) is -4.48. The van der Waals surface area contributed by atoms with E-state index in [9.17, 15) is 27.2 Å². The van der Waals surface area contributed by atoms with Crippen molar-refractivity contribution < 1.29 is 31.9 Å². The van der Waals surface area contributed by atoms with Crippen molar-refractivity contribution >= 4 is 23.3 Å². The highest BCUT2D eigenvalue weighted by molar-refractivity contribution is 5.92. The van der Waals surface area contributed by atoms with Gasteiger partial charge in [0.05, 0.1) is 6.61 Å². The average Bonchev–Trinajstić information content (AvgIpc) is 2.68. The summed E-state index contributed by atoms with van der Waals surface area (Å²) in [4.78, 5) is 23.7. The largest absolute Gasteiger partial charge is 0.370 e. The SMILES string of the molecule is O=C(CCNC(=O)Nc1cccc(COCC(F)(F)C(F)F)c1)Nc1ccccc1. The number of urea groups is 1. The summed E-state index contributed by atoms with van der Waals surface area (Å²) < 4.78 is 54.5. The third-order valence-electron chi connectivity index (χ3n) is 3.76. The van der Waals surface area contributed by atoms with Crippen LogP contribution < -0.4 is 16.0 Å². The minimum Gasteiger partial charge on any atom is -0.370 e. The molecule has 10 heteroatoms. The number of nitrogens with one attached hydrogen (secondary N) is 3. The first-order valence-corrected chi connectivity index (χ1v) is 8.98. The van der Waals surface area contributed by atoms with Gasteiger partial charge in [-0.1, -0.05) is 30.3 Å². The van der Waals surface area contributed by atoms with Gasteiger partial charge in [0.15, 0.2) is 0 Å². The fourth-order valence-electron chi connectivity index (χ4n) is 2.32. The summed E-state index contributed by atoms with van der Waals surface area (Å²) in [6.07, 6.45) is -3.74. The maximum absolute atomic E-state index is 12.8. The maximum Gasteiger partial charge on any atom is 0.330 e. The van der Waals surface area contributed by atoms with Crippen LogP contribution in [0.1, 0.15) is 12.0 Å². The molecule has 0 aliphatic heterocycles. The lowest BCUT2D eigenvalue weighted by Gasteiger charge is -2.15. The Hall–Kier alpha value is -3.14. The van der Waals surface area contributed by atoms with Gasteiger partial charge in [0.1, 0.15) is 6.61 Å². The number of anilines is 2. The van der Waals surface area contributed by atoms with Gasteiger partial charge in [0.2, 0.25) is 5.91 Å². The molecule has 0 atom stereocenters. The number of benzene rings is 2. The minimum absolute atomic E-state index is 0.0640. The molecule has 0 bridgehead atoms. The van der Waals surface area contributed by atoms with Crippen molar-refractivity contribution in [2.24, 2.45) is 0 Å². The van der Waals surface area contributed by atoms with Gasteiger partial charge >= 0.3 is 18.4 Å². The number of hydrogen-bond acceptors (Lipinski definition) is 3. The monoisotopic (exact) mass is 427 g/mol. The van der Waals surface area contributed by atoms with Gasteiger partial charge in [-0.05, 0) is 29.8 Å². The van der Waals surface area contributed by atoms with Crippen LogP contribution in [0.25, 0.3) is 0 Å². The Morgan fingerprint density at radius 2 is 1.67 bits per heavy atom. The molecular weight excluding hydrogens is 406 g/mol. The van der Waals surface area contributed by atoms with Crippen molar-refractivity contribution in [3.63, 3.8) is 0 Å². The average molecular weight is 427 g/mol. The summed E-state index contributed by atoms with van der Waals surface area (Å²) in [5.41, 5.74) is 1.42. The molecule has 0 fully saturated rings. The fraction of sp³-hybridized carbons (Fsp3) is 0.300. The van der Waals surface area contributed by atoms with Crippen LogP contribution >= 0.6 is 0 Å². The first-order chi connectivity index (χ1) is 14.3. The number of ether oxygens (including phenoxy) is 1. The predicted molar refractivity (Wildman–Crippen MR) is 104 cm³/mol. The van der Waals surface area contributed by atoms with Gasteiger partial charge in [0.25, 0.3) is 0 Å². The Bertz CT molecular complexity index is 835. The highest BCUT2D eigenvalue weighted by Gasteiger charge is 2.40. The molecule has 0 unspecified atom stereocenters. The molecule has 2 rings (SSSR count). The van der Waals surface area contributed by atoms with E-state index in [1.807, 2.05) is 6.07 Å². The molecule has 0 saturated heterocycles. The predicted octanol–water partition coefficient (Wildman–Crippen LogP) is 4.25. The van der Waals surface area contributed by atoms with Crippen LogP contribution in [0.2, 0.25) is 0 Å². The van der Waals surface area contributed by atoms with Crippen molar-refractivity contribution in [2.45, 2.75) is 25.4 Å². The lowest BCUT2D eigenvalue weighted by Crippen LogP contribution is -2.32. The summed E-state index contributed by atoms with van der Waals surface area (Å²) in [6.45, 7) is -1.64. The molecule has 0 aliphatic rings. The zero-order valence-corrected chi connectivity index (χ0v) is 15.8. The Morgan fingerprint density at radius 1 is 0.967 bits per heavy atom. The van der Waals surface area contributed by atoms with Gasteiger partial charge in [-0.25, -0.2) is 13.6 Å². The van der Waals surface area contributed by atoms with E-state index < -0.39 is 25.0 Å². The van der Waals surface area contributed by atoms with E-state index in [-0.39, 0.29) is 25.5 Å². The van der Waals surface area contributed by atoms with Crippen LogP contribution in [0.15, 0.2) is 54.6 Å². The molecule has 3 N–H and O–H groups in total. The summed E-state index contributed by atoms with van der Waals surface area (Å²) in [7, 11) is 0. The Labute approximate surface area is 170 Å². The number of amides is 3. The highest BCUT2D eigenvalue weighted by Crippen LogP contribution is 2.23. The molecule has 0 aliphatic carbocycles. The van der Waals surface area contributed by atoms with Crippen LogP contribution in [0, 0.1) is 0 Å². The number of para-hydroxylation sites is 1. The number of halogens is 4. The molecule has 0 radical (unpaired) electrons. The van der Waals surface area contributed by atoms with E-state index in [1.165, 1.54) is 12.1 Å². The van der Waals surface area contributed by atoms with Gasteiger partial charge in [-0.15, -0.1) is 0 Å². The molecule has 2 aromatic rings. The van der Waals surface area contributed by atoms with Crippen molar-refractivity contribution in [3.05, 3.63) is 60.2 Å². The standard InChI is InChI=1S/C20H21F4N3O3/c21-18(22)20(23,24)13-30-12-14-5-4-8-16(11-14)27-19(29)25-10-9-17(28)26-15-6-2-1-3-7-15/h1-8,11,18H,9-10,12-13H2,(H,26,28)(H2,25,27,29). The molecule has 0 heterocycles. The third-order valence-corrected chi connectivity index (χ3v) is 3.76. The summed E-state index contributed by atoms with van der Waals surface area (Å²) in [6, 6.07) is 14.4. The molecule has 30 heavy (non-hydrogen) atoms. The van der Waals surface area contributed by atoms with Gasteiger partial charge < -0.3 is 20.7 Å². The second-order valence-electron chi connectivity index (χ2n) is 6.30. The number of carbonyl (C=O) groups excluding carboxylic acids is 2. The number of carbonyl (C=O) groups is 2. The highest BCUT2D eigenvalue weighted by atomic mass is 19.3. The normalized spacial score (nSPS) is 11.2. The first kappa shape index (κ1) is 23.1. The molecule has 0 saturated carbocycles. The zero-order valence-electron chi connectivity index (χ0n) is 15.8. The molecule has 2 aromatic carbocycles. The van der Waals surface area contributed by atoms with Crippen molar-refractivity contribution in [2.75, 3.05) is 23.8 Å². The lowest BCUT2D eigenvalue weighted by atomic mass is 10.2. The third kappa shape index (κ3) is 8.08. The fourth-order valence-corrected chi connectivity index (χ4v) is 2.32. The molecule has 162 valence electrons. The van der Waals surface area contributed by atoms with E-state index >= 15 is 0 Å². The minimum atomic E-state index is -4.22. The smallest absolute Gasteiger partial charge is 0.330 e. The number of hydrogen-bond donors (Lipinski definition) is 3. The summed E-state index contributed by atoms with van der Waals surface area (Å²) in [5, 5.41) is 7.73. The van der Waals surface area contributed by atoms with Crippen molar-refractivity contribution in [1.29, 1.82) is 0 Å². The van der Waals surface area contributed by atoms with Crippen LogP contribution in [0.4, 0.5) is 33.7 Å². The second kappa shape index (κ2) is 11.1. The molecule has 0 spiro atoms. The lowest BCUT2D eigenvalue weighted by molar-refractivity contribution is -0.168. The Balaban J connectivity index is 1.72. The number of alkyl halides is 4. The van der Waals surface area contributed by atoms with E-state index in [0.717, 1.165) is 0 Å². The second-order valence-corrected chi connectivity index (χ2v) is 6.30. The van der Waals surface area contributed by atoms with E-state index in [0.29, 0.717) is 16.9 Å². The van der Waals surface area contributed by atoms with E-state index in [2.05, 4.69) is 20.7 Å². The van der Waals surface area contributed by atoms with Gasteiger partial charge in [0, 0.05) is 24.3 Å². The van der Waals surface area contributed by atoms with Crippen LogP contribution in [-0.4, -0.2) is 37.4 Å². The van der Waals surface area contributed by atoms with Crippen LogP contribution in [0.3, 0.4) is 0 Å². The Kier molecular flexibility index (Phi) is 8.60. The maximum atomic E-state index is 12.8. The van der Waals surface area contributed by atoms with Crippen LogP contribution in [-0.2, 0) is 16.1 Å². The first-order valence-electron chi connectivity index (χ1n) is 8.98. The topological polar surface area (TPSA) is 79.5 Å². The molecular formula is C20H21F4N3O3. The van der Waals surface area contributed by atoms with Crippen molar-refractivity contribution in [1.82, 2.24) is 5.32 Å². The molecule has 6 nitrogen and oxygen atoms in total. The molecule has 3 amide bonds. The van der Waals surface area contributed by atoms with E-state index in [1.54, 1.807) is 36.4 Å². The van der Waals surface area contributed by atoms with Gasteiger partial charge in [-0.3, -0.25) is 4.79 Å². The molecule has 0 aromatic heterocycles. The van der Waals surface area contributed by atoms with Crippen molar-refractivity contribution in [3.8, 4) is 0 Å². The summed E-state index contributed by atoms with van der Waals surface area (Å²) >= 11 is 0. The Morgan fingerprint density at radius 3 is 2.37 bits per heavy atom. The quantitative estimate of drug-likeness (QED) is 0.496.